The van der Waals surface area contributed by atoms with Crippen LogP contribution in [0.25, 0.3) is 0 Å². The molecule has 0 saturated heterocycles. The first kappa shape index (κ1) is 9.38. The zero-order chi connectivity index (χ0) is 9.68. The number of rotatable bonds is 3. The number of benzene rings is 1. The minimum Gasteiger partial charge on any atom is -0.426 e. The van der Waals surface area contributed by atoms with Crippen LogP contribution in [0, 0.1) is 0 Å². The van der Waals surface area contributed by atoms with Gasteiger partial charge in [0.25, 0.3) is 0 Å². The fourth-order valence-electron chi connectivity index (χ4n) is 0.973. The summed E-state index contributed by atoms with van der Waals surface area (Å²) in [5.41, 5.74) is 5.73. The molecule has 0 radical (unpaired) electrons. The molecule has 0 heterocycles. The average molecular weight is 180 g/mol. The van der Waals surface area contributed by atoms with E-state index in [1.165, 1.54) is 0 Å². The Morgan fingerprint density at radius 3 is 2.62 bits per heavy atom. The van der Waals surface area contributed by atoms with E-state index in [1.54, 1.807) is 6.92 Å². The number of carbonyl (C=O) groups excluding carboxylic acids is 1. The first-order chi connectivity index (χ1) is 6.18. The van der Waals surface area contributed by atoms with Gasteiger partial charge in [-0.05, 0) is 19.1 Å². The minimum absolute atomic E-state index is 0.417. The quantitative estimate of drug-likeness (QED) is 0.693. The molecule has 1 aromatic carbocycles. The second-order valence-electron chi connectivity index (χ2n) is 2.59. The molecule has 70 valence electrons. The third kappa shape index (κ3) is 3.46. The van der Waals surface area contributed by atoms with E-state index < -0.39 is 12.3 Å². The molecule has 0 bridgehead atoms. The van der Waals surface area contributed by atoms with Crippen molar-refractivity contribution in [3.05, 3.63) is 30.3 Å². The van der Waals surface area contributed by atoms with Crippen LogP contribution in [0.4, 0.5) is 10.5 Å². The number of nitrogens with two attached hydrogens (primary N) is 1. The maximum Gasteiger partial charge on any atom is 0.406 e. The van der Waals surface area contributed by atoms with Crippen LogP contribution in [0.2, 0.25) is 0 Å². The lowest BCUT2D eigenvalue weighted by molar-refractivity contribution is 0.129. The Kier molecular flexibility index (Phi) is 3.14. The van der Waals surface area contributed by atoms with E-state index in [4.69, 9.17) is 5.73 Å². The smallest absolute Gasteiger partial charge is 0.406 e. The van der Waals surface area contributed by atoms with Crippen molar-refractivity contribution in [1.82, 2.24) is 0 Å². The zero-order valence-corrected chi connectivity index (χ0v) is 7.36. The first-order valence-electron chi connectivity index (χ1n) is 3.96. The lowest BCUT2D eigenvalue weighted by Crippen LogP contribution is -2.26. The molecular weight excluding hydrogens is 168 g/mol. The molecule has 0 aliphatic carbocycles. The highest BCUT2D eigenvalue weighted by atomic mass is 16.6. The molecule has 0 fully saturated rings. The molecule has 1 atom stereocenters. The summed E-state index contributed by atoms with van der Waals surface area (Å²) in [6.45, 7) is 1.71. The summed E-state index contributed by atoms with van der Waals surface area (Å²) in [5, 5.41) is 2.95. The normalized spacial score (nSPS) is 11.8. The number of amides is 1. The highest BCUT2D eigenvalue weighted by molar-refractivity contribution is 5.65. The Morgan fingerprint density at radius 2 is 2.08 bits per heavy atom. The minimum atomic E-state index is -0.782. The Bertz CT molecular complexity index is 274. The van der Waals surface area contributed by atoms with E-state index in [2.05, 4.69) is 10.1 Å². The summed E-state index contributed by atoms with van der Waals surface area (Å²) in [6, 6.07) is 9.44. The van der Waals surface area contributed by atoms with Crippen LogP contribution in [0.1, 0.15) is 6.92 Å². The van der Waals surface area contributed by atoms with Gasteiger partial charge < -0.3 is 15.8 Å². The van der Waals surface area contributed by atoms with Crippen molar-refractivity contribution in [2.45, 2.75) is 13.2 Å². The van der Waals surface area contributed by atoms with Crippen LogP contribution >= 0.6 is 0 Å². The van der Waals surface area contributed by atoms with Crippen molar-refractivity contribution >= 4 is 11.8 Å². The molecule has 1 aromatic rings. The monoisotopic (exact) mass is 180 g/mol. The summed E-state index contributed by atoms with van der Waals surface area (Å²) >= 11 is 0. The van der Waals surface area contributed by atoms with Gasteiger partial charge >= 0.3 is 6.09 Å². The van der Waals surface area contributed by atoms with E-state index in [1.807, 2.05) is 30.3 Å². The van der Waals surface area contributed by atoms with E-state index in [-0.39, 0.29) is 0 Å². The van der Waals surface area contributed by atoms with E-state index in [9.17, 15) is 4.79 Å². The fourth-order valence-corrected chi connectivity index (χ4v) is 0.973. The second kappa shape index (κ2) is 4.35. The molecule has 0 aliphatic rings. The van der Waals surface area contributed by atoms with Crippen LogP contribution in [0.15, 0.2) is 30.3 Å². The number of nitrogens with one attached hydrogen (secondary N) is 1. The van der Waals surface area contributed by atoms with E-state index in [0.29, 0.717) is 0 Å². The summed E-state index contributed by atoms with van der Waals surface area (Å²) in [4.78, 5) is 10.4. The van der Waals surface area contributed by atoms with Gasteiger partial charge in [-0.25, -0.2) is 4.79 Å². The Morgan fingerprint density at radius 1 is 1.46 bits per heavy atom. The largest absolute Gasteiger partial charge is 0.426 e. The second-order valence-corrected chi connectivity index (χ2v) is 2.59. The van der Waals surface area contributed by atoms with Crippen LogP contribution in [-0.2, 0) is 4.74 Å². The first-order valence-corrected chi connectivity index (χ1v) is 3.96. The lowest BCUT2D eigenvalue weighted by atomic mass is 10.3. The van der Waals surface area contributed by atoms with E-state index >= 15 is 0 Å². The van der Waals surface area contributed by atoms with Crippen LogP contribution in [0.3, 0.4) is 0 Å². The summed E-state index contributed by atoms with van der Waals surface area (Å²) < 4.78 is 4.68. The van der Waals surface area contributed by atoms with Crippen molar-refractivity contribution in [3.8, 4) is 0 Å². The van der Waals surface area contributed by atoms with Crippen molar-refractivity contribution < 1.29 is 9.53 Å². The number of carbonyl (C=O) groups is 1. The molecule has 0 spiro atoms. The molecule has 0 saturated carbocycles. The molecule has 3 N–H and O–H groups in total. The molecule has 1 rings (SSSR count). The maximum absolute atomic E-state index is 10.4. The molecule has 0 aliphatic heterocycles. The van der Waals surface area contributed by atoms with Gasteiger partial charge in [0, 0.05) is 5.69 Å². The average Bonchev–Trinajstić information content (AvgIpc) is 2.04. The molecule has 13 heavy (non-hydrogen) atoms. The molecule has 4 nitrogen and oxygen atoms in total. The summed E-state index contributed by atoms with van der Waals surface area (Å²) in [7, 11) is 0. The van der Waals surface area contributed by atoms with Crippen LogP contribution in [-0.4, -0.2) is 12.3 Å². The van der Waals surface area contributed by atoms with Gasteiger partial charge in [-0.3, -0.25) is 0 Å². The van der Waals surface area contributed by atoms with Crippen molar-refractivity contribution in [2.75, 3.05) is 5.32 Å². The van der Waals surface area contributed by atoms with Gasteiger partial charge in [-0.15, -0.1) is 0 Å². The molecule has 4 heteroatoms. The van der Waals surface area contributed by atoms with Gasteiger partial charge in [0.15, 0.2) is 6.23 Å². The number of para-hydroxylation sites is 1. The summed E-state index contributed by atoms with van der Waals surface area (Å²) in [5.74, 6) is 0. The zero-order valence-electron chi connectivity index (χ0n) is 7.36. The Balaban J connectivity index is 2.45. The number of anilines is 1. The van der Waals surface area contributed by atoms with Crippen molar-refractivity contribution in [2.24, 2.45) is 5.73 Å². The predicted octanol–water partition coefficient (Wildman–Crippen LogP) is 1.54. The fraction of sp³-hybridized carbons (Fsp3) is 0.222. The van der Waals surface area contributed by atoms with Gasteiger partial charge in [0.2, 0.25) is 0 Å². The molecule has 1 unspecified atom stereocenters. The standard InChI is InChI=1S/C9H12N2O2/c1-7(13-9(10)12)11-8-5-3-2-4-6-8/h2-7,11H,1H3,(H2,10,12). The highest BCUT2D eigenvalue weighted by Crippen LogP contribution is 2.06. The maximum atomic E-state index is 10.4. The van der Waals surface area contributed by atoms with Gasteiger partial charge in [-0.2, -0.15) is 0 Å². The topological polar surface area (TPSA) is 64.3 Å². The van der Waals surface area contributed by atoms with Gasteiger partial charge in [0.1, 0.15) is 0 Å². The molecule has 0 aromatic heterocycles. The van der Waals surface area contributed by atoms with Crippen molar-refractivity contribution in [1.29, 1.82) is 0 Å². The SMILES string of the molecule is CC(Nc1ccccc1)OC(N)=O. The van der Waals surface area contributed by atoms with Crippen LogP contribution < -0.4 is 11.1 Å². The number of ether oxygens (including phenoxy) is 1. The molecule has 1 amide bonds. The number of hydrogen-bond acceptors (Lipinski definition) is 3. The number of hydrogen-bond donors (Lipinski definition) is 2. The molecular formula is C9H12N2O2. The number of primary amides is 1. The Hall–Kier alpha value is -1.71. The van der Waals surface area contributed by atoms with Crippen molar-refractivity contribution in [3.63, 3.8) is 0 Å². The third-order valence-corrected chi connectivity index (χ3v) is 1.44. The van der Waals surface area contributed by atoms with Gasteiger partial charge in [-0.1, -0.05) is 18.2 Å². The summed E-state index contributed by atoms with van der Waals surface area (Å²) in [6.07, 6.45) is -1.20. The van der Waals surface area contributed by atoms with E-state index in [0.717, 1.165) is 5.69 Å². The van der Waals surface area contributed by atoms with Gasteiger partial charge in [0.05, 0.1) is 0 Å². The highest BCUT2D eigenvalue weighted by Gasteiger charge is 2.03. The van der Waals surface area contributed by atoms with Crippen LogP contribution in [0.5, 0.6) is 0 Å². The lowest BCUT2D eigenvalue weighted by Gasteiger charge is -2.14. The third-order valence-electron chi connectivity index (χ3n) is 1.44. The Labute approximate surface area is 76.7 Å². The predicted molar refractivity (Wildman–Crippen MR) is 50.2 cm³/mol.